The van der Waals surface area contributed by atoms with E-state index in [2.05, 4.69) is 5.32 Å². The number of ether oxygens (including phenoxy) is 1. The normalized spacial score (nSPS) is 16.3. The second-order valence-corrected chi connectivity index (χ2v) is 6.02. The zero-order chi connectivity index (χ0) is 17.7. The number of piperidine rings is 1. The van der Waals surface area contributed by atoms with Gasteiger partial charge in [0.15, 0.2) is 0 Å². The number of esters is 1. The Bertz CT molecular complexity index is 641. The molecule has 1 aliphatic heterocycles. The Morgan fingerprint density at radius 1 is 1.29 bits per heavy atom. The van der Waals surface area contributed by atoms with E-state index in [9.17, 15) is 14.4 Å². The summed E-state index contributed by atoms with van der Waals surface area (Å²) >= 11 is 6.06. The first-order valence-electron chi connectivity index (χ1n) is 7.48. The van der Waals surface area contributed by atoms with E-state index in [4.69, 9.17) is 21.4 Å². The van der Waals surface area contributed by atoms with Crippen LogP contribution in [-0.2, 0) is 20.9 Å². The van der Waals surface area contributed by atoms with Crippen LogP contribution in [0.15, 0.2) is 24.3 Å². The molecular weight excluding hydrogens is 336 g/mol. The molecule has 7 nitrogen and oxygen atoms in total. The van der Waals surface area contributed by atoms with Gasteiger partial charge in [0.05, 0.1) is 7.11 Å². The average Bonchev–Trinajstić information content (AvgIpc) is 2.59. The molecule has 0 bridgehead atoms. The lowest BCUT2D eigenvalue weighted by Crippen LogP contribution is -2.54. The smallest absolute Gasteiger partial charge is 0.407 e. The van der Waals surface area contributed by atoms with Crippen molar-refractivity contribution in [3.8, 4) is 0 Å². The third-order valence-electron chi connectivity index (χ3n) is 4.30. The molecule has 0 unspecified atom stereocenters. The summed E-state index contributed by atoms with van der Waals surface area (Å²) in [5, 5.41) is 12.3. The Labute approximate surface area is 144 Å². The second kappa shape index (κ2) is 7.53. The highest BCUT2D eigenvalue weighted by molar-refractivity contribution is 6.31. The Morgan fingerprint density at radius 3 is 2.46 bits per heavy atom. The lowest BCUT2D eigenvalue weighted by atomic mass is 9.77. The van der Waals surface area contributed by atoms with Crippen LogP contribution >= 0.6 is 11.6 Å². The Morgan fingerprint density at radius 2 is 1.92 bits per heavy atom. The molecule has 0 spiro atoms. The van der Waals surface area contributed by atoms with Crippen LogP contribution in [-0.4, -0.2) is 48.2 Å². The van der Waals surface area contributed by atoms with Crippen molar-refractivity contribution in [2.75, 3.05) is 20.2 Å². The van der Waals surface area contributed by atoms with Gasteiger partial charge in [-0.25, -0.2) is 4.79 Å². The van der Waals surface area contributed by atoms with Crippen LogP contribution in [0.3, 0.4) is 0 Å². The molecule has 1 heterocycles. The highest BCUT2D eigenvalue weighted by Gasteiger charge is 2.49. The molecule has 1 aromatic carbocycles. The number of amides is 2. The van der Waals surface area contributed by atoms with E-state index < -0.39 is 23.4 Å². The summed E-state index contributed by atoms with van der Waals surface area (Å²) in [7, 11) is 1.22. The molecule has 2 amide bonds. The third kappa shape index (κ3) is 3.62. The van der Waals surface area contributed by atoms with Crippen molar-refractivity contribution in [3.63, 3.8) is 0 Å². The maximum atomic E-state index is 12.7. The number of carbonyl (C=O) groups is 3. The summed E-state index contributed by atoms with van der Waals surface area (Å²) in [5.74, 6) is -1.12. The fourth-order valence-electron chi connectivity index (χ4n) is 2.79. The summed E-state index contributed by atoms with van der Waals surface area (Å²) in [6.07, 6.45) is -0.898. The SMILES string of the molecule is COC(=O)C1(C(=O)NCc2ccccc2Cl)CCN(C(=O)O)CC1. The Balaban J connectivity index is 2.11. The number of nitrogens with zero attached hydrogens (tertiary/aromatic N) is 1. The number of halogens is 1. The first-order valence-corrected chi connectivity index (χ1v) is 7.86. The molecule has 0 radical (unpaired) electrons. The number of hydrogen-bond acceptors (Lipinski definition) is 4. The van der Waals surface area contributed by atoms with Gasteiger partial charge in [0.25, 0.3) is 0 Å². The van der Waals surface area contributed by atoms with E-state index >= 15 is 0 Å². The third-order valence-corrected chi connectivity index (χ3v) is 4.66. The molecule has 1 aliphatic rings. The highest BCUT2D eigenvalue weighted by atomic mass is 35.5. The van der Waals surface area contributed by atoms with Gasteiger partial charge in [0.2, 0.25) is 5.91 Å². The topological polar surface area (TPSA) is 95.9 Å². The van der Waals surface area contributed by atoms with Gasteiger partial charge in [-0.2, -0.15) is 0 Å². The molecule has 0 atom stereocenters. The van der Waals surface area contributed by atoms with Crippen molar-refractivity contribution in [3.05, 3.63) is 34.9 Å². The summed E-state index contributed by atoms with van der Waals surface area (Å²) in [6.45, 7) is 0.383. The number of likely N-dealkylation sites (tertiary alicyclic amines) is 1. The van der Waals surface area contributed by atoms with Crippen LogP contribution in [0.1, 0.15) is 18.4 Å². The first kappa shape index (κ1) is 18.1. The standard InChI is InChI=1S/C16H19ClN2O5/c1-24-14(21)16(6-8-19(9-7-16)15(22)23)13(20)18-10-11-4-2-3-5-12(11)17/h2-5H,6-10H2,1H3,(H,18,20)(H,22,23). The van der Waals surface area contributed by atoms with Crippen molar-refractivity contribution >= 4 is 29.6 Å². The van der Waals surface area contributed by atoms with Crippen molar-refractivity contribution in [2.24, 2.45) is 5.41 Å². The monoisotopic (exact) mass is 354 g/mol. The highest BCUT2D eigenvalue weighted by Crippen LogP contribution is 2.33. The lowest BCUT2D eigenvalue weighted by Gasteiger charge is -2.37. The van der Waals surface area contributed by atoms with Crippen molar-refractivity contribution < 1.29 is 24.2 Å². The van der Waals surface area contributed by atoms with Crippen molar-refractivity contribution in [1.82, 2.24) is 10.2 Å². The van der Waals surface area contributed by atoms with Gasteiger partial charge >= 0.3 is 12.1 Å². The number of benzene rings is 1. The van der Waals surface area contributed by atoms with E-state index in [0.29, 0.717) is 5.02 Å². The number of carboxylic acid groups (broad SMARTS) is 1. The van der Waals surface area contributed by atoms with Gasteiger partial charge in [0.1, 0.15) is 5.41 Å². The summed E-state index contributed by atoms with van der Waals surface area (Å²) in [6, 6.07) is 7.07. The van der Waals surface area contributed by atoms with Crippen LogP contribution in [0, 0.1) is 5.41 Å². The van der Waals surface area contributed by atoms with Gasteiger partial charge in [-0.1, -0.05) is 29.8 Å². The summed E-state index contributed by atoms with van der Waals surface area (Å²) < 4.78 is 4.79. The van der Waals surface area contributed by atoms with E-state index in [1.54, 1.807) is 24.3 Å². The van der Waals surface area contributed by atoms with Crippen LogP contribution in [0.2, 0.25) is 5.02 Å². The summed E-state index contributed by atoms with van der Waals surface area (Å²) in [4.78, 5) is 37.1. The van der Waals surface area contributed by atoms with E-state index in [1.165, 1.54) is 12.0 Å². The number of methoxy groups -OCH3 is 1. The van der Waals surface area contributed by atoms with Crippen LogP contribution < -0.4 is 5.32 Å². The Hall–Kier alpha value is -2.28. The van der Waals surface area contributed by atoms with E-state index in [1.807, 2.05) is 0 Å². The van der Waals surface area contributed by atoms with Gasteiger partial charge in [0, 0.05) is 24.7 Å². The van der Waals surface area contributed by atoms with E-state index in [-0.39, 0.29) is 32.5 Å². The fourth-order valence-corrected chi connectivity index (χ4v) is 2.99. The van der Waals surface area contributed by atoms with Crippen molar-refractivity contribution in [2.45, 2.75) is 19.4 Å². The molecular formula is C16H19ClN2O5. The number of carbonyl (C=O) groups excluding carboxylic acids is 2. The fraction of sp³-hybridized carbons (Fsp3) is 0.438. The zero-order valence-electron chi connectivity index (χ0n) is 13.3. The molecule has 2 N–H and O–H groups in total. The molecule has 0 aliphatic carbocycles. The van der Waals surface area contributed by atoms with Gasteiger partial charge in [-0.15, -0.1) is 0 Å². The maximum absolute atomic E-state index is 12.7. The molecule has 24 heavy (non-hydrogen) atoms. The second-order valence-electron chi connectivity index (χ2n) is 5.62. The van der Waals surface area contributed by atoms with Crippen molar-refractivity contribution in [1.29, 1.82) is 0 Å². The molecule has 1 saturated heterocycles. The molecule has 2 rings (SSSR count). The van der Waals surface area contributed by atoms with E-state index in [0.717, 1.165) is 5.56 Å². The Kier molecular flexibility index (Phi) is 5.66. The maximum Gasteiger partial charge on any atom is 0.407 e. The quantitative estimate of drug-likeness (QED) is 0.636. The first-order chi connectivity index (χ1) is 11.4. The minimum Gasteiger partial charge on any atom is -0.468 e. The molecule has 0 aromatic heterocycles. The predicted molar refractivity (Wildman–Crippen MR) is 86.6 cm³/mol. The number of nitrogens with one attached hydrogen (secondary N) is 1. The van der Waals surface area contributed by atoms with Gasteiger partial charge in [-0.05, 0) is 24.5 Å². The predicted octanol–water partition coefficient (Wildman–Crippen LogP) is 1.89. The lowest BCUT2D eigenvalue weighted by molar-refractivity contribution is -0.162. The van der Waals surface area contributed by atoms with Gasteiger partial charge in [-0.3, -0.25) is 9.59 Å². The number of rotatable bonds is 4. The zero-order valence-corrected chi connectivity index (χ0v) is 14.0. The molecule has 0 saturated carbocycles. The minimum absolute atomic E-state index is 0.0837. The van der Waals surface area contributed by atoms with Gasteiger partial charge < -0.3 is 20.1 Å². The average molecular weight is 355 g/mol. The van der Waals surface area contributed by atoms with Crippen LogP contribution in [0.25, 0.3) is 0 Å². The number of hydrogen-bond donors (Lipinski definition) is 2. The molecule has 8 heteroatoms. The molecule has 1 fully saturated rings. The minimum atomic E-state index is -1.37. The largest absolute Gasteiger partial charge is 0.468 e. The van der Waals surface area contributed by atoms with Crippen LogP contribution in [0.5, 0.6) is 0 Å². The van der Waals surface area contributed by atoms with Crippen LogP contribution in [0.4, 0.5) is 4.79 Å². The molecule has 1 aromatic rings. The molecule has 130 valence electrons. The summed E-state index contributed by atoms with van der Waals surface area (Å²) in [5.41, 5.74) is -0.641.